The van der Waals surface area contributed by atoms with Gasteiger partial charge in [-0.3, -0.25) is 4.79 Å². The lowest BCUT2D eigenvalue weighted by Gasteiger charge is -2.16. The highest BCUT2D eigenvalue weighted by Gasteiger charge is 2.22. The second-order valence-corrected chi connectivity index (χ2v) is 8.13. The fourth-order valence-corrected chi connectivity index (χ4v) is 4.49. The highest BCUT2D eigenvalue weighted by atomic mass is 32.1. The number of carbonyl (C=O) groups is 2. The second kappa shape index (κ2) is 8.04. The molecule has 0 saturated heterocycles. The summed E-state index contributed by atoms with van der Waals surface area (Å²) in [6.07, 6.45) is 4.05. The Bertz CT molecular complexity index is 825. The molecule has 5 heteroatoms. The molecule has 0 bridgehead atoms. The number of thiophene rings is 1. The Morgan fingerprint density at radius 1 is 1.35 bits per heavy atom. The maximum Gasteiger partial charge on any atom is 0.348 e. The van der Waals surface area contributed by atoms with Crippen LogP contribution in [0.1, 0.15) is 51.5 Å². The van der Waals surface area contributed by atoms with Crippen LogP contribution in [0.15, 0.2) is 24.3 Å². The summed E-state index contributed by atoms with van der Waals surface area (Å²) < 4.78 is 5.24. The van der Waals surface area contributed by atoms with E-state index in [1.165, 1.54) is 28.2 Å². The number of benzene rings is 1. The monoisotopic (exact) mass is 371 g/mol. The Kier molecular flexibility index (Phi) is 5.77. The van der Waals surface area contributed by atoms with E-state index in [1.807, 2.05) is 38.1 Å². The van der Waals surface area contributed by atoms with Gasteiger partial charge in [0.05, 0.1) is 0 Å². The number of hydrogen-bond donors (Lipinski definition) is 1. The molecule has 1 aliphatic carbocycles. The molecule has 0 spiro atoms. The fourth-order valence-electron chi connectivity index (χ4n) is 3.39. The Balaban J connectivity index is 1.59. The van der Waals surface area contributed by atoms with Gasteiger partial charge in [0.15, 0.2) is 6.61 Å². The van der Waals surface area contributed by atoms with Crippen LogP contribution in [0.5, 0.6) is 0 Å². The van der Waals surface area contributed by atoms with Crippen molar-refractivity contribution in [2.45, 2.75) is 46.5 Å². The van der Waals surface area contributed by atoms with Crippen LogP contribution in [0.2, 0.25) is 0 Å². The molecule has 1 unspecified atom stereocenters. The van der Waals surface area contributed by atoms with Crippen molar-refractivity contribution in [1.29, 1.82) is 0 Å². The Labute approximate surface area is 158 Å². The summed E-state index contributed by atoms with van der Waals surface area (Å²) in [6, 6.07) is 7.86. The second-order valence-electron chi connectivity index (χ2n) is 6.99. The number of rotatable bonds is 5. The van der Waals surface area contributed by atoms with Gasteiger partial charge in [-0.2, -0.15) is 0 Å². The maximum atomic E-state index is 12.3. The first-order valence-corrected chi connectivity index (χ1v) is 9.96. The van der Waals surface area contributed by atoms with E-state index in [0.717, 1.165) is 36.1 Å². The summed E-state index contributed by atoms with van der Waals surface area (Å²) in [5, 5.41) is 2.88. The third kappa shape index (κ3) is 4.15. The van der Waals surface area contributed by atoms with Crippen molar-refractivity contribution in [3.8, 4) is 0 Å². The van der Waals surface area contributed by atoms with E-state index >= 15 is 0 Å². The van der Waals surface area contributed by atoms with Gasteiger partial charge in [0.1, 0.15) is 4.88 Å². The van der Waals surface area contributed by atoms with Crippen LogP contribution >= 0.6 is 11.3 Å². The van der Waals surface area contributed by atoms with Crippen molar-refractivity contribution < 1.29 is 14.3 Å². The molecule has 138 valence electrons. The number of carbonyl (C=O) groups excluding carboxylic acids is 2. The van der Waals surface area contributed by atoms with E-state index in [9.17, 15) is 9.59 Å². The molecule has 0 fully saturated rings. The zero-order valence-electron chi connectivity index (χ0n) is 15.6. The molecular weight excluding hydrogens is 346 g/mol. The van der Waals surface area contributed by atoms with Crippen molar-refractivity contribution in [2.24, 2.45) is 5.92 Å². The van der Waals surface area contributed by atoms with Crippen LogP contribution in [-0.2, 0) is 28.8 Å². The molecule has 0 radical (unpaired) electrons. The predicted molar refractivity (Wildman–Crippen MR) is 105 cm³/mol. The van der Waals surface area contributed by atoms with Gasteiger partial charge in [0.25, 0.3) is 5.91 Å². The third-order valence-electron chi connectivity index (χ3n) is 4.87. The van der Waals surface area contributed by atoms with Gasteiger partial charge in [-0.15, -0.1) is 11.3 Å². The first kappa shape index (κ1) is 18.6. The van der Waals surface area contributed by atoms with Crippen molar-refractivity contribution in [3.63, 3.8) is 0 Å². The molecule has 1 atom stereocenters. The minimum Gasteiger partial charge on any atom is -0.451 e. The van der Waals surface area contributed by atoms with Crippen LogP contribution in [0, 0.1) is 12.8 Å². The largest absolute Gasteiger partial charge is 0.451 e. The van der Waals surface area contributed by atoms with Gasteiger partial charge in [-0.25, -0.2) is 4.79 Å². The first-order valence-electron chi connectivity index (χ1n) is 9.15. The minimum atomic E-state index is -0.410. The predicted octanol–water partition coefficient (Wildman–Crippen LogP) is 4.54. The smallest absolute Gasteiger partial charge is 0.348 e. The van der Waals surface area contributed by atoms with Crippen LogP contribution in [-0.4, -0.2) is 18.5 Å². The molecule has 1 heterocycles. The quantitative estimate of drug-likeness (QED) is 0.785. The van der Waals surface area contributed by atoms with Crippen LogP contribution in [0.3, 0.4) is 0 Å². The molecule has 1 aromatic carbocycles. The van der Waals surface area contributed by atoms with Crippen molar-refractivity contribution in [3.05, 3.63) is 50.7 Å². The highest BCUT2D eigenvalue weighted by Crippen LogP contribution is 2.32. The molecule has 1 amide bonds. The van der Waals surface area contributed by atoms with Crippen molar-refractivity contribution in [1.82, 2.24) is 0 Å². The lowest BCUT2D eigenvalue weighted by atomic mass is 9.90. The van der Waals surface area contributed by atoms with Crippen molar-refractivity contribution in [2.75, 3.05) is 11.9 Å². The van der Waals surface area contributed by atoms with Gasteiger partial charge in [-0.1, -0.05) is 32.0 Å². The Hall–Kier alpha value is -2.14. The zero-order chi connectivity index (χ0) is 18.7. The molecule has 3 rings (SSSR count). The highest BCUT2D eigenvalue weighted by molar-refractivity contribution is 7.14. The molecule has 2 aromatic rings. The normalized spacial score (nSPS) is 16.0. The summed E-state index contributed by atoms with van der Waals surface area (Å²) in [4.78, 5) is 26.4. The van der Waals surface area contributed by atoms with Crippen molar-refractivity contribution >= 4 is 28.9 Å². The number of amides is 1. The van der Waals surface area contributed by atoms with Crippen LogP contribution in [0.4, 0.5) is 5.69 Å². The Morgan fingerprint density at radius 2 is 2.15 bits per heavy atom. The van der Waals surface area contributed by atoms with Gasteiger partial charge in [0, 0.05) is 10.6 Å². The molecule has 1 aromatic heterocycles. The molecule has 1 aliphatic rings. The van der Waals surface area contributed by atoms with E-state index in [2.05, 4.69) is 12.2 Å². The maximum absolute atomic E-state index is 12.3. The summed E-state index contributed by atoms with van der Waals surface area (Å²) in [5.41, 5.74) is 4.16. The van der Waals surface area contributed by atoms with Gasteiger partial charge in [0.2, 0.25) is 0 Å². The van der Waals surface area contributed by atoms with Gasteiger partial charge < -0.3 is 10.1 Å². The van der Waals surface area contributed by atoms with E-state index in [0.29, 0.717) is 10.8 Å². The number of nitrogens with one attached hydrogen (secondary N) is 1. The van der Waals surface area contributed by atoms with Crippen LogP contribution in [0.25, 0.3) is 0 Å². The lowest BCUT2D eigenvalue weighted by Crippen LogP contribution is -2.21. The minimum absolute atomic E-state index is 0.269. The topological polar surface area (TPSA) is 55.4 Å². The summed E-state index contributed by atoms with van der Waals surface area (Å²) in [5.74, 6) is -0.0568. The number of para-hydroxylation sites is 1. The molecule has 1 N–H and O–H groups in total. The third-order valence-corrected chi connectivity index (χ3v) is 6.09. The molecule has 4 nitrogen and oxygen atoms in total. The SMILES string of the molecule is CCc1cccc(C)c1NC(=O)COC(=O)c1cc2c(s1)CCC(C)C2. The molecular formula is C21H25NO3S. The van der Waals surface area contributed by atoms with E-state index in [-0.39, 0.29) is 12.5 Å². The first-order chi connectivity index (χ1) is 12.5. The fraction of sp³-hybridized carbons (Fsp3) is 0.429. The van der Waals surface area contributed by atoms with E-state index < -0.39 is 5.97 Å². The molecule has 0 saturated carbocycles. The number of anilines is 1. The van der Waals surface area contributed by atoms with Crippen LogP contribution < -0.4 is 5.32 Å². The summed E-state index contributed by atoms with van der Waals surface area (Å²) in [6.45, 7) is 5.97. The molecule has 0 aliphatic heterocycles. The summed E-state index contributed by atoms with van der Waals surface area (Å²) >= 11 is 1.50. The number of fused-ring (bicyclic) bond motifs is 1. The van der Waals surface area contributed by atoms with Gasteiger partial charge >= 0.3 is 5.97 Å². The Morgan fingerprint density at radius 3 is 2.92 bits per heavy atom. The van der Waals surface area contributed by atoms with E-state index in [1.54, 1.807) is 0 Å². The average Bonchev–Trinajstić information content (AvgIpc) is 3.04. The summed E-state index contributed by atoms with van der Waals surface area (Å²) in [7, 11) is 0. The zero-order valence-corrected chi connectivity index (χ0v) is 16.4. The number of ether oxygens (including phenoxy) is 1. The average molecular weight is 372 g/mol. The number of hydrogen-bond acceptors (Lipinski definition) is 4. The lowest BCUT2D eigenvalue weighted by molar-refractivity contribution is -0.119. The standard InChI is InChI=1S/C21H25NO3S/c1-4-15-7-5-6-14(3)20(15)22-19(23)12-25-21(24)18-11-16-10-13(2)8-9-17(16)26-18/h5-7,11,13H,4,8-10,12H2,1-3H3,(H,22,23). The van der Waals surface area contributed by atoms with Gasteiger partial charge in [-0.05, 0) is 61.3 Å². The van der Waals surface area contributed by atoms with E-state index in [4.69, 9.17) is 4.74 Å². The number of aryl methyl sites for hydroxylation is 3. The number of esters is 1. The molecule has 26 heavy (non-hydrogen) atoms.